The molecule has 1 amide bonds. The van der Waals surface area contributed by atoms with Crippen LogP contribution in [0.2, 0.25) is 0 Å². The maximum Gasteiger partial charge on any atom is 0.265 e. The van der Waals surface area contributed by atoms with Gasteiger partial charge in [0.1, 0.15) is 10.7 Å². The lowest BCUT2D eigenvalue weighted by molar-refractivity contribution is 0.0955. The van der Waals surface area contributed by atoms with Gasteiger partial charge in [0, 0.05) is 24.5 Å². The standard InChI is InChI=1S/C14H19N5OS/c1-14(2,3)19-13-18-11(15)10(21-13)12(20)17-8-9-4-6-16-7-5-9/h4-7H,8,15H2,1-3H3,(H,17,20)(H,18,19). The van der Waals surface area contributed by atoms with Crippen molar-refractivity contribution in [3.8, 4) is 0 Å². The molecule has 0 unspecified atom stereocenters. The molecular weight excluding hydrogens is 286 g/mol. The highest BCUT2D eigenvalue weighted by Crippen LogP contribution is 2.27. The Balaban J connectivity index is 2.02. The summed E-state index contributed by atoms with van der Waals surface area (Å²) in [6.45, 7) is 6.50. The van der Waals surface area contributed by atoms with E-state index >= 15 is 0 Å². The first kappa shape index (κ1) is 15.2. The zero-order valence-corrected chi connectivity index (χ0v) is 13.1. The Morgan fingerprint density at radius 1 is 1.33 bits per heavy atom. The van der Waals surface area contributed by atoms with Gasteiger partial charge in [-0.15, -0.1) is 0 Å². The quantitative estimate of drug-likeness (QED) is 0.805. The summed E-state index contributed by atoms with van der Waals surface area (Å²) in [5.41, 5.74) is 6.67. The fraction of sp³-hybridized carbons (Fsp3) is 0.357. The molecule has 21 heavy (non-hydrogen) atoms. The molecule has 0 aliphatic rings. The Bertz CT molecular complexity index is 618. The van der Waals surface area contributed by atoms with Crippen molar-refractivity contribution in [1.29, 1.82) is 0 Å². The Labute approximate surface area is 127 Å². The Kier molecular flexibility index (Phi) is 4.42. The van der Waals surface area contributed by atoms with Crippen molar-refractivity contribution in [2.24, 2.45) is 0 Å². The molecular formula is C14H19N5OS. The summed E-state index contributed by atoms with van der Waals surface area (Å²) in [7, 11) is 0. The lowest BCUT2D eigenvalue weighted by Gasteiger charge is -2.19. The third-order valence-corrected chi connectivity index (χ3v) is 3.53. The van der Waals surface area contributed by atoms with E-state index in [0.29, 0.717) is 16.6 Å². The van der Waals surface area contributed by atoms with Crippen LogP contribution in [0.1, 0.15) is 36.0 Å². The second-order valence-corrected chi connectivity index (χ2v) is 6.65. The lowest BCUT2D eigenvalue weighted by atomic mass is 10.1. The van der Waals surface area contributed by atoms with Crippen molar-refractivity contribution in [2.45, 2.75) is 32.9 Å². The van der Waals surface area contributed by atoms with Gasteiger partial charge < -0.3 is 16.4 Å². The van der Waals surface area contributed by atoms with Crippen molar-refractivity contribution in [3.05, 3.63) is 35.0 Å². The number of rotatable bonds is 4. The number of carbonyl (C=O) groups is 1. The van der Waals surface area contributed by atoms with Crippen LogP contribution in [0.5, 0.6) is 0 Å². The SMILES string of the molecule is CC(C)(C)Nc1nc(N)c(C(=O)NCc2ccncc2)s1. The number of hydrogen-bond acceptors (Lipinski definition) is 6. The third-order valence-electron chi connectivity index (χ3n) is 2.54. The summed E-state index contributed by atoms with van der Waals surface area (Å²) in [6.07, 6.45) is 3.38. The van der Waals surface area contributed by atoms with Crippen LogP contribution >= 0.6 is 11.3 Å². The molecule has 2 aromatic rings. The number of nitrogen functional groups attached to an aromatic ring is 1. The van der Waals surface area contributed by atoms with Crippen LogP contribution in [0.25, 0.3) is 0 Å². The Morgan fingerprint density at radius 2 is 2.00 bits per heavy atom. The van der Waals surface area contributed by atoms with Gasteiger partial charge in [0.2, 0.25) is 0 Å². The van der Waals surface area contributed by atoms with E-state index in [0.717, 1.165) is 5.56 Å². The van der Waals surface area contributed by atoms with Gasteiger partial charge in [-0.25, -0.2) is 4.98 Å². The van der Waals surface area contributed by atoms with E-state index in [-0.39, 0.29) is 17.3 Å². The molecule has 0 aromatic carbocycles. The zero-order valence-electron chi connectivity index (χ0n) is 12.3. The van der Waals surface area contributed by atoms with Crippen LogP contribution in [0.3, 0.4) is 0 Å². The minimum Gasteiger partial charge on any atom is -0.382 e. The van der Waals surface area contributed by atoms with E-state index in [2.05, 4.69) is 20.6 Å². The van der Waals surface area contributed by atoms with Crippen LogP contribution in [-0.2, 0) is 6.54 Å². The number of anilines is 2. The molecule has 2 aromatic heterocycles. The number of pyridine rings is 1. The first-order chi connectivity index (χ1) is 9.85. The molecule has 7 heteroatoms. The van der Waals surface area contributed by atoms with Crippen molar-refractivity contribution in [2.75, 3.05) is 11.1 Å². The summed E-state index contributed by atoms with van der Waals surface area (Å²) in [5, 5.41) is 6.69. The van der Waals surface area contributed by atoms with E-state index in [1.54, 1.807) is 12.4 Å². The monoisotopic (exact) mass is 305 g/mol. The first-order valence-corrected chi connectivity index (χ1v) is 7.38. The molecule has 2 heterocycles. The van der Waals surface area contributed by atoms with E-state index < -0.39 is 0 Å². The van der Waals surface area contributed by atoms with Gasteiger partial charge >= 0.3 is 0 Å². The van der Waals surface area contributed by atoms with Gasteiger partial charge in [-0.3, -0.25) is 9.78 Å². The predicted octanol–water partition coefficient (Wildman–Crippen LogP) is 2.26. The average molecular weight is 305 g/mol. The fourth-order valence-electron chi connectivity index (χ4n) is 1.63. The summed E-state index contributed by atoms with van der Waals surface area (Å²) in [4.78, 5) is 20.7. The average Bonchev–Trinajstić information content (AvgIpc) is 2.76. The van der Waals surface area contributed by atoms with E-state index in [9.17, 15) is 4.79 Å². The Hall–Kier alpha value is -2.15. The van der Waals surface area contributed by atoms with Crippen molar-refractivity contribution < 1.29 is 4.79 Å². The molecule has 0 bridgehead atoms. The number of nitrogens with zero attached hydrogens (tertiary/aromatic N) is 2. The highest BCUT2D eigenvalue weighted by molar-refractivity contribution is 7.18. The van der Waals surface area contributed by atoms with Gasteiger partial charge in [0.05, 0.1) is 0 Å². The van der Waals surface area contributed by atoms with Crippen molar-refractivity contribution in [3.63, 3.8) is 0 Å². The normalized spacial score (nSPS) is 11.2. The molecule has 0 spiro atoms. The van der Waals surface area contributed by atoms with E-state index in [4.69, 9.17) is 5.73 Å². The summed E-state index contributed by atoms with van der Waals surface area (Å²) in [5.74, 6) is 0.0303. The third kappa shape index (κ3) is 4.42. The van der Waals surface area contributed by atoms with Crippen LogP contribution in [0, 0.1) is 0 Å². The molecule has 0 atom stereocenters. The largest absolute Gasteiger partial charge is 0.382 e. The molecule has 0 aliphatic heterocycles. The fourth-order valence-corrected chi connectivity index (χ4v) is 2.64. The van der Waals surface area contributed by atoms with Gasteiger partial charge in [-0.1, -0.05) is 11.3 Å². The van der Waals surface area contributed by atoms with Crippen LogP contribution in [0.4, 0.5) is 10.9 Å². The number of carbonyl (C=O) groups excluding carboxylic acids is 1. The number of thiazole rings is 1. The van der Waals surface area contributed by atoms with Crippen LogP contribution in [0.15, 0.2) is 24.5 Å². The molecule has 4 N–H and O–H groups in total. The van der Waals surface area contributed by atoms with Gasteiger partial charge in [-0.05, 0) is 38.5 Å². The molecule has 6 nitrogen and oxygen atoms in total. The maximum absolute atomic E-state index is 12.2. The summed E-state index contributed by atoms with van der Waals surface area (Å²) < 4.78 is 0. The van der Waals surface area contributed by atoms with Crippen LogP contribution in [-0.4, -0.2) is 21.4 Å². The first-order valence-electron chi connectivity index (χ1n) is 6.57. The number of aromatic nitrogens is 2. The highest BCUT2D eigenvalue weighted by Gasteiger charge is 2.18. The Morgan fingerprint density at radius 3 is 2.62 bits per heavy atom. The molecule has 0 saturated carbocycles. The summed E-state index contributed by atoms with van der Waals surface area (Å²) >= 11 is 1.26. The van der Waals surface area contributed by atoms with Gasteiger partial charge in [0.25, 0.3) is 5.91 Å². The summed E-state index contributed by atoms with van der Waals surface area (Å²) in [6, 6.07) is 3.70. The predicted molar refractivity (Wildman–Crippen MR) is 85.3 cm³/mol. The molecule has 112 valence electrons. The zero-order chi connectivity index (χ0) is 15.5. The van der Waals surface area contributed by atoms with Crippen molar-refractivity contribution >= 4 is 28.2 Å². The number of nitrogens with two attached hydrogens (primary N) is 1. The van der Waals surface area contributed by atoms with E-state index in [1.165, 1.54) is 11.3 Å². The molecule has 0 aliphatic carbocycles. The second kappa shape index (κ2) is 6.09. The lowest BCUT2D eigenvalue weighted by Crippen LogP contribution is -2.25. The molecule has 2 rings (SSSR count). The number of nitrogens with one attached hydrogen (secondary N) is 2. The van der Waals surface area contributed by atoms with Gasteiger partial charge in [0.15, 0.2) is 5.13 Å². The number of hydrogen-bond donors (Lipinski definition) is 3. The smallest absolute Gasteiger partial charge is 0.265 e. The molecule has 0 fully saturated rings. The van der Waals surface area contributed by atoms with Crippen LogP contribution < -0.4 is 16.4 Å². The minimum absolute atomic E-state index is 0.130. The number of amides is 1. The topological polar surface area (TPSA) is 92.9 Å². The van der Waals surface area contributed by atoms with Gasteiger partial charge in [-0.2, -0.15) is 0 Å². The maximum atomic E-state index is 12.2. The minimum atomic E-state index is -0.219. The highest BCUT2D eigenvalue weighted by atomic mass is 32.1. The second-order valence-electron chi connectivity index (χ2n) is 5.65. The molecule has 0 radical (unpaired) electrons. The molecule has 0 saturated heterocycles. The van der Waals surface area contributed by atoms with E-state index in [1.807, 2.05) is 32.9 Å². The van der Waals surface area contributed by atoms with Crippen molar-refractivity contribution in [1.82, 2.24) is 15.3 Å².